The van der Waals surface area contributed by atoms with Gasteiger partial charge in [-0.1, -0.05) is 19.8 Å². The highest BCUT2D eigenvalue weighted by Crippen LogP contribution is 2.21. The number of aromatic nitrogens is 3. The van der Waals surface area contributed by atoms with Gasteiger partial charge < -0.3 is 0 Å². The molecule has 0 amide bonds. The predicted octanol–water partition coefficient (Wildman–Crippen LogP) is 2.63. The van der Waals surface area contributed by atoms with Gasteiger partial charge in [-0.15, -0.1) is 0 Å². The van der Waals surface area contributed by atoms with Gasteiger partial charge in [0.2, 0.25) is 0 Å². The molecule has 1 N–H and O–H groups in total. The Kier molecular flexibility index (Phi) is 3.91. The van der Waals surface area contributed by atoms with Gasteiger partial charge in [-0.05, 0) is 24.5 Å². The Hall–Kier alpha value is -1.64. The number of nitrogens with one attached hydrogen (secondary N) is 1. The SMILES string of the molecule is CCCCCc1c[nH]nc1-c1ccc[n+](C)c1. The first kappa shape index (κ1) is 11.8. The first-order valence-corrected chi connectivity index (χ1v) is 6.29. The van der Waals surface area contributed by atoms with Crippen LogP contribution in [0.15, 0.2) is 30.7 Å². The summed E-state index contributed by atoms with van der Waals surface area (Å²) in [4.78, 5) is 0. The van der Waals surface area contributed by atoms with E-state index in [0.29, 0.717) is 0 Å². The van der Waals surface area contributed by atoms with E-state index in [-0.39, 0.29) is 0 Å². The van der Waals surface area contributed by atoms with Crippen molar-refractivity contribution in [1.29, 1.82) is 0 Å². The van der Waals surface area contributed by atoms with Crippen molar-refractivity contribution in [3.63, 3.8) is 0 Å². The van der Waals surface area contributed by atoms with Gasteiger partial charge in [0.25, 0.3) is 0 Å². The second kappa shape index (κ2) is 5.62. The molecule has 0 aromatic carbocycles. The van der Waals surface area contributed by atoms with Crippen LogP contribution in [0.2, 0.25) is 0 Å². The number of H-pyrrole nitrogens is 1. The Labute approximate surface area is 103 Å². The van der Waals surface area contributed by atoms with Gasteiger partial charge in [0, 0.05) is 12.3 Å². The third-order valence-electron chi connectivity index (χ3n) is 2.98. The van der Waals surface area contributed by atoms with E-state index < -0.39 is 0 Å². The smallest absolute Gasteiger partial charge is 0.178 e. The molecule has 0 radical (unpaired) electrons. The van der Waals surface area contributed by atoms with Gasteiger partial charge in [0.15, 0.2) is 12.4 Å². The lowest BCUT2D eigenvalue weighted by atomic mass is 10.0. The molecule has 2 aromatic heterocycles. The molecule has 0 aliphatic heterocycles. The summed E-state index contributed by atoms with van der Waals surface area (Å²) in [6, 6.07) is 4.17. The second-order valence-corrected chi connectivity index (χ2v) is 4.47. The van der Waals surface area contributed by atoms with Gasteiger partial charge in [-0.2, -0.15) is 5.10 Å². The summed E-state index contributed by atoms with van der Waals surface area (Å²) in [5.74, 6) is 0. The Bertz CT molecular complexity index is 474. The molecular weight excluding hydrogens is 210 g/mol. The maximum atomic E-state index is 4.37. The van der Waals surface area contributed by atoms with Crippen LogP contribution in [0.4, 0.5) is 0 Å². The van der Waals surface area contributed by atoms with Gasteiger partial charge >= 0.3 is 0 Å². The first-order chi connectivity index (χ1) is 8.31. The van der Waals surface area contributed by atoms with Gasteiger partial charge in [0.1, 0.15) is 12.7 Å². The largest absolute Gasteiger partial charge is 0.285 e. The van der Waals surface area contributed by atoms with E-state index >= 15 is 0 Å². The summed E-state index contributed by atoms with van der Waals surface area (Å²) < 4.78 is 2.06. The fourth-order valence-corrected chi connectivity index (χ4v) is 2.05. The lowest BCUT2D eigenvalue weighted by molar-refractivity contribution is -0.671. The van der Waals surface area contributed by atoms with Gasteiger partial charge in [-0.25, -0.2) is 4.57 Å². The number of hydrogen-bond donors (Lipinski definition) is 1. The van der Waals surface area contributed by atoms with Crippen molar-refractivity contribution in [2.75, 3.05) is 0 Å². The molecule has 2 heterocycles. The third kappa shape index (κ3) is 2.93. The van der Waals surface area contributed by atoms with Crippen molar-refractivity contribution >= 4 is 0 Å². The molecule has 17 heavy (non-hydrogen) atoms. The van der Waals surface area contributed by atoms with Crippen LogP contribution in [0.1, 0.15) is 31.7 Å². The van der Waals surface area contributed by atoms with Crippen LogP contribution in [0.5, 0.6) is 0 Å². The van der Waals surface area contributed by atoms with Gasteiger partial charge in [-0.3, -0.25) is 5.10 Å². The minimum atomic E-state index is 1.09. The van der Waals surface area contributed by atoms with Crippen molar-refractivity contribution in [2.45, 2.75) is 32.6 Å². The minimum Gasteiger partial charge on any atom is -0.285 e. The maximum Gasteiger partial charge on any atom is 0.178 e. The molecule has 0 fully saturated rings. The van der Waals surface area contributed by atoms with Crippen LogP contribution in [-0.2, 0) is 13.5 Å². The van der Waals surface area contributed by atoms with E-state index in [4.69, 9.17) is 0 Å². The highest BCUT2D eigenvalue weighted by Gasteiger charge is 2.10. The molecule has 0 aliphatic carbocycles. The Morgan fingerprint density at radius 2 is 2.24 bits per heavy atom. The average Bonchev–Trinajstić information content (AvgIpc) is 2.78. The standard InChI is InChI=1S/C14H20N3/c1-3-4-5-7-12-10-15-16-14(12)13-8-6-9-17(2)11-13/h6,8-11H,3-5,7H2,1-2H3,(H,15,16)/q+1. The number of rotatable bonds is 5. The predicted molar refractivity (Wildman–Crippen MR) is 68.4 cm³/mol. The summed E-state index contributed by atoms with van der Waals surface area (Å²) in [6.45, 7) is 2.23. The molecular formula is C14H20N3+. The number of unbranched alkanes of at least 4 members (excludes halogenated alkanes) is 2. The number of aryl methyl sites for hydroxylation is 2. The molecule has 0 bridgehead atoms. The van der Waals surface area contributed by atoms with Crippen LogP contribution in [-0.4, -0.2) is 10.2 Å². The second-order valence-electron chi connectivity index (χ2n) is 4.47. The fourth-order valence-electron chi connectivity index (χ4n) is 2.05. The summed E-state index contributed by atoms with van der Waals surface area (Å²) in [6.07, 6.45) is 11.1. The van der Waals surface area contributed by atoms with Crippen LogP contribution in [0, 0.1) is 0 Å². The molecule has 0 spiro atoms. The van der Waals surface area contributed by atoms with Crippen molar-refractivity contribution in [2.24, 2.45) is 7.05 Å². The van der Waals surface area contributed by atoms with Crippen LogP contribution in [0.25, 0.3) is 11.3 Å². The fraction of sp³-hybridized carbons (Fsp3) is 0.429. The van der Waals surface area contributed by atoms with Gasteiger partial charge in [0.05, 0.1) is 5.56 Å². The number of aromatic amines is 1. The first-order valence-electron chi connectivity index (χ1n) is 6.29. The summed E-state index contributed by atoms with van der Waals surface area (Å²) in [5, 5.41) is 7.35. The van der Waals surface area contributed by atoms with Crippen LogP contribution >= 0.6 is 0 Å². The Morgan fingerprint density at radius 3 is 3.00 bits per heavy atom. The van der Waals surface area contributed by atoms with Crippen molar-refractivity contribution in [1.82, 2.24) is 10.2 Å². The normalized spacial score (nSPS) is 10.7. The molecule has 2 rings (SSSR count). The lowest BCUT2D eigenvalue weighted by Crippen LogP contribution is -2.26. The average molecular weight is 230 g/mol. The van der Waals surface area contributed by atoms with E-state index in [9.17, 15) is 0 Å². The van der Waals surface area contributed by atoms with Crippen molar-refractivity contribution in [3.8, 4) is 11.3 Å². The summed E-state index contributed by atoms with van der Waals surface area (Å²) >= 11 is 0. The number of nitrogens with zero attached hydrogens (tertiary/aromatic N) is 2. The molecule has 3 heteroatoms. The minimum absolute atomic E-state index is 1.09. The van der Waals surface area contributed by atoms with Crippen LogP contribution < -0.4 is 4.57 Å². The molecule has 0 saturated heterocycles. The van der Waals surface area contributed by atoms with E-state index in [0.717, 1.165) is 12.1 Å². The van der Waals surface area contributed by atoms with E-state index in [1.165, 1.54) is 30.4 Å². The van der Waals surface area contributed by atoms with Crippen molar-refractivity contribution < 1.29 is 4.57 Å². The van der Waals surface area contributed by atoms with Crippen molar-refractivity contribution in [3.05, 3.63) is 36.3 Å². The molecule has 0 saturated carbocycles. The van der Waals surface area contributed by atoms with E-state index in [2.05, 4.69) is 40.0 Å². The van der Waals surface area contributed by atoms with E-state index in [1.54, 1.807) is 0 Å². The number of pyridine rings is 1. The highest BCUT2D eigenvalue weighted by molar-refractivity contribution is 5.60. The molecule has 0 aliphatic rings. The zero-order valence-corrected chi connectivity index (χ0v) is 10.6. The highest BCUT2D eigenvalue weighted by atomic mass is 15.1. The van der Waals surface area contributed by atoms with Crippen LogP contribution in [0.3, 0.4) is 0 Å². The quantitative estimate of drug-likeness (QED) is 0.621. The number of hydrogen-bond acceptors (Lipinski definition) is 1. The Morgan fingerprint density at radius 1 is 1.35 bits per heavy atom. The summed E-state index contributed by atoms with van der Waals surface area (Å²) in [7, 11) is 2.03. The zero-order chi connectivity index (χ0) is 12.1. The molecule has 90 valence electrons. The Balaban J connectivity index is 2.18. The molecule has 0 unspecified atom stereocenters. The third-order valence-corrected chi connectivity index (χ3v) is 2.98. The monoisotopic (exact) mass is 230 g/mol. The molecule has 2 aromatic rings. The maximum absolute atomic E-state index is 4.37. The lowest BCUT2D eigenvalue weighted by Gasteiger charge is -2.01. The topological polar surface area (TPSA) is 32.6 Å². The zero-order valence-electron chi connectivity index (χ0n) is 10.6. The molecule has 0 atom stereocenters. The summed E-state index contributed by atoms with van der Waals surface area (Å²) in [5.41, 5.74) is 3.60. The van der Waals surface area contributed by atoms with E-state index in [1.807, 2.05) is 19.4 Å². The molecule has 3 nitrogen and oxygen atoms in total.